The summed E-state index contributed by atoms with van der Waals surface area (Å²) in [6.45, 7) is 2.76. The summed E-state index contributed by atoms with van der Waals surface area (Å²) < 4.78 is 3.82. The highest BCUT2D eigenvalue weighted by Gasteiger charge is 2.41. The fraction of sp³-hybridized carbons (Fsp3) is 0.667. The number of amides is 1. The van der Waals surface area contributed by atoms with Crippen molar-refractivity contribution in [3.05, 3.63) is 10.6 Å². The van der Waals surface area contributed by atoms with Crippen LogP contribution in [-0.4, -0.2) is 44.0 Å². The third-order valence-corrected chi connectivity index (χ3v) is 5.21. The van der Waals surface area contributed by atoms with E-state index in [1.165, 1.54) is 18.0 Å². The fourth-order valence-electron chi connectivity index (χ4n) is 2.21. The Hall–Kier alpha value is -0.620. The fourth-order valence-corrected chi connectivity index (χ4v) is 4.25. The lowest BCUT2D eigenvalue weighted by molar-refractivity contribution is 0.0751. The van der Waals surface area contributed by atoms with Gasteiger partial charge in [0.05, 0.1) is 5.69 Å². The zero-order valence-electron chi connectivity index (χ0n) is 8.34. The molecule has 4 nitrogen and oxygen atoms in total. The van der Waals surface area contributed by atoms with Gasteiger partial charge in [0.25, 0.3) is 5.91 Å². The third kappa shape index (κ3) is 1.47. The molecular weight excluding hydrogens is 230 g/mol. The second-order valence-corrected chi connectivity index (χ2v) is 6.08. The summed E-state index contributed by atoms with van der Waals surface area (Å²) in [5, 5.41) is 4.55. The van der Waals surface area contributed by atoms with Gasteiger partial charge in [-0.1, -0.05) is 4.49 Å². The minimum absolute atomic E-state index is 0.135. The van der Waals surface area contributed by atoms with Gasteiger partial charge in [0, 0.05) is 23.6 Å². The van der Waals surface area contributed by atoms with E-state index in [1.54, 1.807) is 0 Å². The Morgan fingerprint density at radius 2 is 2.47 bits per heavy atom. The van der Waals surface area contributed by atoms with Crippen LogP contribution < -0.4 is 0 Å². The zero-order valence-corrected chi connectivity index (χ0v) is 9.98. The smallest absolute Gasteiger partial charge is 0.267 e. The van der Waals surface area contributed by atoms with Crippen molar-refractivity contribution < 1.29 is 4.79 Å². The van der Waals surface area contributed by atoms with Crippen LogP contribution in [0.1, 0.15) is 21.8 Å². The van der Waals surface area contributed by atoms with Gasteiger partial charge in [-0.3, -0.25) is 4.79 Å². The molecule has 1 amide bonds. The van der Waals surface area contributed by atoms with E-state index >= 15 is 0 Å². The molecule has 1 aromatic heterocycles. The topological polar surface area (TPSA) is 46.1 Å². The number of rotatable bonds is 1. The normalized spacial score (nSPS) is 28.7. The van der Waals surface area contributed by atoms with Gasteiger partial charge in [-0.05, 0) is 24.9 Å². The number of fused-ring (bicyclic) bond motifs is 2. The maximum atomic E-state index is 12.2. The van der Waals surface area contributed by atoms with Gasteiger partial charge in [0.1, 0.15) is 4.88 Å². The van der Waals surface area contributed by atoms with Crippen LogP contribution in [0.15, 0.2) is 0 Å². The van der Waals surface area contributed by atoms with Crippen molar-refractivity contribution in [2.45, 2.75) is 24.6 Å². The zero-order chi connectivity index (χ0) is 10.4. The summed E-state index contributed by atoms with van der Waals surface area (Å²) in [4.78, 5) is 14.9. The highest BCUT2D eigenvalue weighted by molar-refractivity contribution is 8.00. The van der Waals surface area contributed by atoms with Gasteiger partial charge >= 0.3 is 0 Å². The first kappa shape index (κ1) is 9.59. The van der Waals surface area contributed by atoms with Crippen molar-refractivity contribution >= 4 is 29.2 Å². The Labute approximate surface area is 96.2 Å². The number of aromatic nitrogens is 2. The Morgan fingerprint density at radius 1 is 1.60 bits per heavy atom. The van der Waals surface area contributed by atoms with Gasteiger partial charge in [-0.25, -0.2) is 0 Å². The van der Waals surface area contributed by atoms with E-state index in [-0.39, 0.29) is 5.91 Å². The summed E-state index contributed by atoms with van der Waals surface area (Å²) in [5.74, 6) is 1.23. The molecule has 2 bridgehead atoms. The van der Waals surface area contributed by atoms with Crippen molar-refractivity contribution in [3.63, 3.8) is 0 Å². The SMILES string of the molecule is Cc1nnsc1C(=O)N1CC2CC1CS2. The van der Waals surface area contributed by atoms with Crippen LogP contribution in [0.4, 0.5) is 0 Å². The molecule has 6 heteroatoms. The number of carbonyl (C=O) groups is 1. The van der Waals surface area contributed by atoms with Crippen molar-refractivity contribution in [2.75, 3.05) is 12.3 Å². The molecule has 0 aromatic carbocycles. The van der Waals surface area contributed by atoms with E-state index in [0.29, 0.717) is 16.2 Å². The summed E-state index contributed by atoms with van der Waals surface area (Å²) >= 11 is 3.21. The number of carbonyl (C=O) groups excluding carboxylic acids is 1. The lowest BCUT2D eigenvalue weighted by Gasteiger charge is -2.25. The highest BCUT2D eigenvalue weighted by atomic mass is 32.2. The number of aryl methyl sites for hydroxylation is 1. The molecule has 0 aliphatic carbocycles. The molecule has 2 saturated heterocycles. The average molecular weight is 241 g/mol. The summed E-state index contributed by atoms with van der Waals surface area (Å²) in [7, 11) is 0. The van der Waals surface area contributed by atoms with Crippen LogP contribution in [0.3, 0.4) is 0 Å². The molecular formula is C9H11N3OS2. The summed E-state index contributed by atoms with van der Waals surface area (Å²) in [6.07, 6.45) is 1.17. The van der Waals surface area contributed by atoms with Crippen LogP contribution in [0.5, 0.6) is 0 Å². The molecule has 0 N–H and O–H groups in total. The van der Waals surface area contributed by atoms with Crippen LogP contribution in [0, 0.1) is 6.92 Å². The first-order valence-corrected chi connectivity index (χ1v) is 6.79. The molecule has 15 heavy (non-hydrogen) atoms. The molecule has 2 aliphatic heterocycles. The molecule has 3 rings (SSSR count). The highest BCUT2D eigenvalue weighted by Crippen LogP contribution is 2.38. The molecule has 0 saturated carbocycles. The van der Waals surface area contributed by atoms with Crippen LogP contribution in [-0.2, 0) is 0 Å². The first-order valence-electron chi connectivity index (χ1n) is 4.97. The Kier molecular flexibility index (Phi) is 2.21. The van der Waals surface area contributed by atoms with Gasteiger partial charge in [0.2, 0.25) is 0 Å². The predicted octanol–water partition coefficient (Wildman–Crippen LogP) is 1.18. The van der Waals surface area contributed by atoms with Gasteiger partial charge < -0.3 is 4.90 Å². The van der Waals surface area contributed by atoms with Gasteiger partial charge in [0.15, 0.2) is 0 Å². The quantitative estimate of drug-likeness (QED) is 0.740. The van der Waals surface area contributed by atoms with Gasteiger partial charge in [-0.2, -0.15) is 11.8 Å². The van der Waals surface area contributed by atoms with Crippen LogP contribution in [0.25, 0.3) is 0 Å². The van der Waals surface area contributed by atoms with E-state index in [9.17, 15) is 4.79 Å². The average Bonchev–Trinajstić information content (AvgIpc) is 2.91. The standard InChI is InChI=1S/C9H11N3OS2/c1-5-8(15-11-10-5)9(13)12-3-7-2-6(12)4-14-7/h6-7H,2-4H2,1H3. The molecule has 2 unspecified atom stereocenters. The number of nitrogens with zero attached hydrogens (tertiary/aromatic N) is 3. The molecule has 1 aromatic rings. The number of hydrogen-bond donors (Lipinski definition) is 0. The lowest BCUT2D eigenvalue weighted by atomic mass is 10.2. The molecule has 2 aliphatic rings. The molecule has 0 spiro atoms. The first-order chi connectivity index (χ1) is 7.25. The maximum Gasteiger partial charge on any atom is 0.267 e. The summed E-state index contributed by atoms with van der Waals surface area (Å²) in [6, 6.07) is 0.453. The van der Waals surface area contributed by atoms with E-state index in [2.05, 4.69) is 9.59 Å². The minimum Gasteiger partial charge on any atom is -0.333 e. The van der Waals surface area contributed by atoms with Crippen molar-refractivity contribution in [1.29, 1.82) is 0 Å². The number of thioether (sulfide) groups is 1. The second-order valence-electron chi connectivity index (χ2n) is 3.99. The monoisotopic (exact) mass is 241 g/mol. The molecule has 2 fully saturated rings. The summed E-state index contributed by atoms with van der Waals surface area (Å²) in [5.41, 5.74) is 0.764. The Morgan fingerprint density at radius 3 is 3.00 bits per heavy atom. The van der Waals surface area contributed by atoms with Crippen LogP contribution >= 0.6 is 23.3 Å². The molecule has 2 atom stereocenters. The Balaban J connectivity index is 1.84. The van der Waals surface area contributed by atoms with Crippen molar-refractivity contribution in [3.8, 4) is 0 Å². The van der Waals surface area contributed by atoms with E-state index in [4.69, 9.17) is 0 Å². The van der Waals surface area contributed by atoms with E-state index in [1.807, 2.05) is 23.6 Å². The third-order valence-electron chi connectivity index (χ3n) is 3.01. The predicted molar refractivity (Wildman–Crippen MR) is 60.3 cm³/mol. The van der Waals surface area contributed by atoms with E-state index in [0.717, 1.165) is 18.0 Å². The molecule has 80 valence electrons. The van der Waals surface area contributed by atoms with E-state index < -0.39 is 0 Å². The minimum atomic E-state index is 0.135. The lowest BCUT2D eigenvalue weighted by Crippen LogP contribution is -2.39. The Bertz CT molecular complexity index is 406. The van der Waals surface area contributed by atoms with Crippen LogP contribution in [0.2, 0.25) is 0 Å². The van der Waals surface area contributed by atoms with Crippen molar-refractivity contribution in [1.82, 2.24) is 14.5 Å². The molecule has 3 heterocycles. The number of likely N-dealkylation sites (tertiary alicyclic amines) is 1. The van der Waals surface area contributed by atoms with Crippen molar-refractivity contribution in [2.24, 2.45) is 0 Å². The van der Waals surface area contributed by atoms with Gasteiger partial charge in [-0.15, -0.1) is 5.10 Å². The second kappa shape index (κ2) is 3.45. The molecule has 0 radical (unpaired) electrons. The number of hydrogen-bond acceptors (Lipinski definition) is 5. The maximum absolute atomic E-state index is 12.2. The largest absolute Gasteiger partial charge is 0.333 e.